The predicted molar refractivity (Wildman–Crippen MR) is 126 cm³/mol. The second-order valence-electron chi connectivity index (χ2n) is 9.28. The lowest BCUT2D eigenvalue weighted by molar-refractivity contribution is 0.101. The van der Waals surface area contributed by atoms with Gasteiger partial charge in [0.2, 0.25) is 0 Å². The molecule has 1 N–H and O–H groups in total. The number of fused-ring (bicyclic) bond motifs is 1. The van der Waals surface area contributed by atoms with Crippen LogP contribution in [0.25, 0.3) is 11.4 Å². The molecule has 1 aliphatic heterocycles. The van der Waals surface area contributed by atoms with Gasteiger partial charge < -0.3 is 14.6 Å². The van der Waals surface area contributed by atoms with Gasteiger partial charge in [0.25, 0.3) is 0 Å². The first kappa shape index (κ1) is 23.0. The monoisotopic (exact) mass is 484 g/mol. The molecule has 2 aromatic carbocycles. The number of halogens is 2. The predicted octanol–water partition coefficient (Wildman–Crippen LogP) is 4.42. The molecule has 1 aliphatic carbocycles. The van der Waals surface area contributed by atoms with Gasteiger partial charge in [0.15, 0.2) is 28.4 Å². The van der Waals surface area contributed by atoms with Crippen LogP contribution in [0.1, 0.15) is 35.7 Å². The lowest BCUT2D eigenvalue weighted by Gasteiger charge is -2.21. The zero-order valence-corrected chi connectivity index (χ0v) is 19.9. The van der Waals surface area contributed by atoms with E-state index in [-0.39, 0.29) is 16.9 Å². The van der Waals surface area contributed by atoms with Crippen molar-refractivity contribution in [1.82, 2.24) is 19.7 Å². The molecule has 1 saturated carbocycles. The normalized spacial score (nSPS) is 21.6. The van der Waals surface area contributed by atoms with Crippen LogP contribution in [-0.2, 0) is 12.5 Å². The molecule has 34 heavy (non-hydrogen) atoms. The molecule has 0 amide bonds. The van der Waals surface area contributed by atoms with Crippen LogP contribution in [-0.4, -0.2) is 55.9 Å². The third-order valence-electron chi connectivity index (χ3n) is 7.03. The van der Waals surface area contributed by atoms with E-state index < -0.39 is 11.6 Å². The number of likely N-dealkylation sites (tertiary alicyclic amines) is 1. The zero-order valence-electron chi connectivity index (χ0n) is 19.1. The van der Waals surface area contributed by atoms with E-state index in [1.54, 1.807) is 22.4 Å². The van der Waals surface area contributed by atoms with Crippen LogP contribution in [0.15, 0.2) is 41.6 Å². The summed E-state index contributed by atoms with van der Waals surface area (Å²) in [6, 6.07) is 9.20. The highest BCUT2D eigenvalue weighted by Crippen LogP contribution is 2.59. The Hall–Kier alpha value is -2.78. The largest absolute Gasteiger partial charge is 0.507 e. The van der Waals surface area contributed by atoms with E-state index in [1.165, 1.54) is 13.0 Å². The topological polar surface area (TPSA) is 71.2 Å². The Morgan fingerprint density at radius 3 is 2.79 bits per heavy atom. The Morgan fingerprint density at radius 2 is 2.03 bits per heavy atom. The van der Waals surface area contributed by atoms with Gasteiger partial charge in [-0.15, -0.1) is 10.2 Å². The number of aromatic hydroxyl groups is 1. The Morgan fingerprint density at radius 1 is 1.21 bits per heavy atom. The standard InChI is InChI=1S/C25H26F2N4O2S/c1-15(32)19-11-17(5-7-22(19)33)25-12-18(25)13-31(14-25)8-3-9-34-24-29-28-23(30(24)2)16-4-6-20(26)21(27)10-16/h4-7,10-11,18,33H,3,8-9,12-14H2,1-2H3. The fourth-order valence-electron chi connectivity index (χ4n) is 5.11. The number of Topliss-reactive ketones (excluding diaryl/α,β-unsaturated/α-hetero) is 1. The zero-order chi connectivity index (χ0) is 24.0. The Kier molecular flexibility index (Phi) is 5.93. The lowest BCUT2D eigenvalue weighted by Crippen LogP contribution is -2.28. The van der Waals surface area contributed by atoms with E-state index in [9.17, 15) is 18.7 Å². The number of carbonyl (C=O) groups is 1. The third-order valence-corrected chi connectivity index (χ3v) is 8.14. The molecular weight excluding hydrogens is 458 g/mol. The molecule has 9 heteroatoms. The Bertz CT molecular complexity index is 1260. The molecule has 2 unspecified atom stereocenters. The molecule has 1 saturated heterocycles. The van der Waals surface area contributed by atoms with E-state index in [0.29, 0.717) is 22.9 Å². The van der Waals surface area contributed by atoms with Crippen molar-refractivity contribution in [2.45, 2.75) is 30.3 Å². The number of aromatic nitrogens is 3. The first-order valence-corrected chi connectivity index (χ1v) is 12.3. The number of hydrogen-bond acceptors (Lipinski definition) is 6. The summed E-state index contributed by atoms with van der Waals surface area (Å²) in [5, 5.41) is 19.1. The van der Waals surface area contributed by atoms with Gasteiger partial charge in [-0.25, -0.2) is 8.78 Å². The molecule has 2 aliphatic rings. The summed E-state index contributed by atoms with van der Waals surface area (Å²) in [6.07, 6.45) is 2.11. The first-order chi connectivity index (χ1) is 16.3. The molecule has 3 aromatic rings. The molecule has 5 rings (SSSR count). The smallest absolute Gasteiger partial charge is 0.191 e. The van der Waals surface area contributed by atoms with Crippen LogP contribution in [0.2, 0.25) is 0 Å². The fraction of sp³-hybridized carbons (Fsp3) is 0.400. The highest BCUT2D eigenvalue weighted by atomic mass is 32.2. The highest BCUT2D eigenvalue weighted by molar-refractivity contribution is 7.99. The molecular formula is C25H26F2N4O2S. The fourth-order valence-corrected chi connectivity index (χ4v) is 5.95. The molecule has 1 aromatic heterocycles. The van der Waals surface area contributed by atoms with Crippen molar-refractivity contribution in [1.29, 1.82) is 0 Å². The third kappa shape index (κ3) is 4.11. The average molecular weight is 485 g/mol. The van der Waals surface area contributed by atoms with Gasteiger partial charge in [-0.3, -0.25) is 4.79 Å². The second-order valence-corrected chi connectivity index (χ2v) is 10.3. The summed E-state index contributed by atoms with van der Waals surface area (Å²) in [5.74, 6) is 0.117. The maximum absolute atomic E-state index is 13.6. The van der Waals surface area contributed by atoms with E-state index >= 15 is 0 Å². The maximum Gasteiger partial charge on any atom is 0.191 e. The second kappa shape index (κ2) is 8.78. The number of thioether (sulfide) groups is 1. The van der Waals surface area contributed by atoms with Crippen molar-refractivity contribution < 1.29 is 18.7 Å². The van der Waals surface area contributed by atoms with Crippen molar-refractivity contribution in [3.05, 3.63) is 59.2 Å². The number of ketones is 1. The average Bonchev–Trinajstić information content (AvgIpc) is 3.18. The molecule has 0 radical (unpaired) electrons. The van der Waals surface area contributed by atoms with E-state index in [2.05, 4.69) is 15.1 Å². The summed E-state index contributed by atoms with van der Waals surface area (Å²) in [4.78, 5) is 14.3. The number of phenolic OH excluding ortho intramolecular Hbond substituents is 1. The summed E-state index contributed by atoms with van der Waals surface area (Å²) >= 11 is 1.60. The van der Waals surface area contributed by atoms with Crippen LogP contribution in [0.3, 0.4) is 0 Å². The van der Waals surface area contributed by atoms with Gasteiger partial charge in [0.1, 0.15) is 5.75 Å². The Labute approximate surface area is 201 Å². The highest BCUT2D eigenvalue weighted by Gasteiger charge is 2.60. The van der Waals surface area contributed by atoms with Crippen LogP contribution in [0.4, 0.5) is 8.78 Å². The van der Waals surface area contributed by atoms with Crippen molar-refractivity contribution in [3.63, 3.8) is 0 Å². The molecule has 6 nitrogen and oxygen atoms in total. The minimum atomic E-state index is -0.902. The summed E-state index contributed by atoms with van der Waals surface area (Å²) in [6.45, 7) is 4.47. The number of benzene rings is 2. The minimum absolute atomic E-state index is 0.0493. The number of rotatable bonds is 8. The van der Waals surface area contributed by atoms with Crippen LogP contribution < -0.4 is 0 Å². The number of nitrogens with zero attached hydrogens (tertiary/aromatic N) is 4. The number of carbonyl (C=O) groups excluding carboxylic acids is 1. The molecule has 0 spiro atoms. The maximum atomic E-state index is 13.6. The first-order valence-electron chi connectivity index (χ1n) is 11.3. The van der Waals surface area contributed by atoms with Gasteiger partial charge in [-0.05, 0) is 68.1 Å². The van der Waals surface area contributed by atoms with Gasteiger partial charge in [-0.1, -0.05) is 17.8 Å². The van der Waals surface area contributed by atoms with Crippen molar-refractivity contribution >= 4 is 17.5 Å². The van der Waals surface area contributed by atoms with Gasteiger partial charge in [0.05, 0.1) is 5.56 Å². The molecule has 2 atom stereocenters. The summed E-state index contributed by atoms with van der Waals surface area (Å²) in [7, 11) is 1.82. The molecule has 2 fully saturated rings. The molecule has 178 valence electrons. The summed E-state index contributed by atoms with van der Waals surface area (Å²) in [5.41, 5.74) is 2.15. The van der Waals surface area contributed by atoms with E-state index in [1.807, 2.05) is 19.2 Å². The quantitative estimate of drug-likeness (QED) is 0.290. The molecule has 2 heterocycles. The van der Waals surface area contributed by atoms with Crippen LogP contribution >= 0.6 is 11.8 Å². The van der Waals surface area contributed by atoms with Crippen LogP contribution in [0.5, 0.6) is 5.75 Å². The SMILES string of the molecule is CC(=O)c1cc(C23CC2CN(CCCSc2nnc(-c4ccc(F)c(F)c4)n2C)C3)ccc1O. The van der Waals surface area contributed by atoms with Gasteiger partial charge in [0, 0.05) is 36.9 Å². The van der Waals surface area contributed by atoms with E-state index in [4.69, 9.17) is 0 Å². The number of piperidine rings is 1. The summed E-state index contributed by atoms with van der Waals surface area (Å²) < 4.78 is 28.6. The van der Waals surface area contributed by atoms with Crippen molar-refractivity contribution in [2.24, 2.45) is 13.0 Å². The van der Waals surface area contributed by atoms with Gasteiger partial charge >= 0.3 is 0 Å². The Balaban J connectivity index is 1.15. The van der Waals surface area contributed by atoms with Crippen molar-refractivity contribution in [3.8, 4) is 17.1 Å². The number of hydrogen-bond donors (Lipinski definition) is 1. The minimum Gasteiger partial charge on any atom is -0.507 e. The van der Waals surface area contributed by atoms with Crippen LogP contribution in [0, 0.1) is 17.6 Å². The van der Waals surface area contributed by atoms with Crippen molar-refractivity contribution in [2.75, 3.05) is 25.4 Å². The molecule has 0 bridgehead atoms. The van der Waals surface area contributed by atoms with E-state index in [0.717, 1.165) is 61.1 Å². The van der Waals surface area contributed by atoms with Gasteiger partial charge in [-0.2, -0.15) is 0 Å². The lowest BCUT2D eigenvalue weighted by atomic mass is 9.92. The number of phenols is 1.